The lowest BCUT2D eigenvalue weighted by molar-refractivity contribution is 0.407. The topological polar surface area (TPSA) is 35.2 Å². The highest BCUT2D eigenvalue weighted by molar-refractivity contribution is 9.10. The highest BCUT2D eigenvalue weighted by Crippen LogP contribution is 2.34. The molecule has 0 aliphatic carbocycles. The molecular weight excluding hydrogens is 328 g/mol. The average molecular weight is 342 g/mol. The molecule has 0 aliphatic heterocycles. The zero-order valence-corrected chi connectivity index (χ0v) is 12.7. The summed E-state index contributed by atoms with van der Waals surface area (Å²) in [6.07, 6.45) is 0. The zero-order valence-electron chi connectivity index (χ0n) is 11.1. The molecule has 1 unspecified atom stereocenters. The number of nitrogens with two attached hydrogens (primary N) is 1. The van der Waals surface area contributed by atoms with Crippen LogP contribution in [0, 0.1) is 18.6 Å². The Hall–Kier alpha value is -1.46. The van der Waals surface area contributed by atoms with Gasteiger partial charge in [0.05, 0.1) is 17.6 Å². The maximum absolute atomic E-state index is 13.6. The lowest BCUT2D eigenvalue weighted by atomic mass is 9.97. The third-order valence-electron chi connectivity index (χ3n) is 3.12. The second kappa shape index (κ2) is 5.89. The van der Waals surface area contributed by atoms with E-state index < -0.39 is 17.7 Å². The minimum atomic E-state index is -0.940. The van der Waals surface area contributed by atoms with Gasteiger partial charge < -0.3 is 10.5 Å². The van der Waals surface area contributed by atoms with Gasteiger partial charge in [0, 0.05) is 5.56 Å². The minimum Gasteiger partial charge on any atom is -0.496 e. The van der Waals surface area contributed by atoms with E-state index in [1.54, 1.807) is 13.2 Å². The molecule has 0 bridgehead atoms. The number of hydrogen-bond donors (Lipinski definition) is 1. The summed E-state index contributed by atoms with van der Waals surface area (Å²) in [5.74, 6) is -1.24. The van der Waals surface area contributed by atoms with Crippen LogP contribution in [0.15, 0.2) is 34.8 Å². The van der Waals surface area contributed by atoms with Gasteiger partial charge in [-0.25, -0.2) is 8.78 Å². The van der Waals surface area contributed by atoms with Gasteiger partial charge in [0.25, 0.3) is 0 Å². The first-order valence-electron chi connectivity index (χ1n) is 5.99. The van der Waals surface area contributed by atoms with E-state index in [9.17, 15) is 8.78 Å². The summed E-state index contributed by atoms with van der Waals surface area (Å²) in [5, 5.41) is 0. The Morgan fingerprint density at radius 1 is 1.15 bits per heavy atom. The third kappa shape index (κ3) is 2.69. The van der Waals surface area contributed by atoms with Gasteiger partial charge in [-0.2, -0.15) is 0 Å². The predicted octanol–water partition coefficient (Wildman–Crippen LogP) is 4.09. The normalized spacial score (nSPS) is 12.3. The number of methoxy groups -OCH3 is 1. The van der Waals surface area contributed by atoms with Gasteiger partial charge in [0.1, 0.15) is 5.75 Å². The van der Waals surface area contributed by atoms with Crippen molar-refractivity contribution in [2.24, 2.45) is 5.73 Å². The van der Waals surface area contributed by atoms with Gasteiger partial charge in [0.15, 0.2) is 11.6 Å². The zero-order chi connectivity index (χ0) is 14.9. The molecular formula is C15H14BrF2NO. The van der Waals surface area contributed by atoms with E-state index in [1.165, 1.54) is 6.07 Å². The first-order valence-corrected chi connectivity index (χ1v) is 6.78. The molecule has 0 aromatic heterocycles. The first kappa shape index (κ1) is 14.9. The molecule has 0 saturated carbocycles. The molecule has 0 saturated heterocycles. The van der Waals surface area contributed by atoms with Crippen LogP contribution in [0.2, 0.25) is 0 Å². The smallest absolute Gasteiger partial charge is 0.173 e. The summed E-state index contributed by atoms with van der Waals surface area (Å²) in [6.45, 7) is 1.93. The highest BCUT2D eigenvalue weighted by Gasteiger charge is 2.20. The molecule has 0 radical (unpaired) electrons. The Bertz CT molecular complexity index is 646. The number of ether oxygens (including phenoxy) is 1. The summed E-state index contributed by atoms with van der Waals surface area (Å²) in [6, 6.07) is 7.49. The standard InChI is InChI=1S/C15H14BrF2NO/c1-8-3-6-12(20-2)10(7-8)15(19)9-4-5-11(17)14(18)13(9)16/h3-7,15H,19H2,1-2H3. The van der Waals surface area contributed by atoms with Crippen molar-refractivity contribution in [1.29, 1.82) is 0 Å². The van der Waals surface area contributed by atoms with Crippen LogP contribution in [0.5, 0.6) is 5.75 Å². The highest BCUT2D eigenvalue weighted by atomic mass is 79.9. The predicted molar refractivity (Wildman–Crippen MR) is 77.8 cm³/mol. The summed E-state index contributed by atoms with van der Waals surface area (Å²) in [4.78, 5) is 0. The molecule has 1 atom stereocenters. The van der Waals surface area contributed by atoms with Crippen LogP contribution in [0.1, 0.15) is 22.7 Å². The molecule has 0 amide bonds. The van der Waals surface area contributed by atoms with E-state index in [0.29, 0.717) is 11.3 Å². The molecule has 0 spiro atoms. The molecule has 20 heavy (non-hydrogen) atoms. The van der Waals surface area contributed by atoms with Crippen LogP contribution >= 0.6 is 15.9 Å². The van der Waals surface area contributed by atoms with Crippen molar-refractivity contribution in [1.82, 2.24) is 0 Å². The lowest BCUT2D eigenvalue weighted by Gasteiger charge is -2.18. The third-order valence-corrected chi connectivity index (χ3v) is 3.93. The molecule has 0 aliphatic rings. The van der Waals surface area contributed by atoms with Gasteiger partial charge in [-0.05, 0) is 40.5 Å². The van der Waals surface area contributed by atoms with E-state index in [1.807, 2.05) is 19.1 Å². The minimum absolute atomic E-state index is 0.0357. The number of hydrogen-bond acceptors (Lipinski definition) is 2. The van der Waals surface area contributed by atoms with Gasteiger partial charge >= 0.3 is 0 Å². The number of benzene rings is 2. The number of aryl methyl sites for hydroxylation is 1. The Morgan fingerprint density at radius 2 is 1.85 bits per heavy atom. The van der Waals surface area contributed by atoms with E-state index in [4.69, 9.17) is 10.5 Å². The first-order chi connectivity index (χ1) is 9.45. The van der Waals surface area contributed by atoms with E-state index in [-0.39, 0.29) is 4.47 Å². The van der Waals surface area contributed by atoms with Crippen LogP contribution in [0.4, 0.5) is 8.78 Å². The van der Waals surface area contributed by atoms with Crippen LogP contribution in [-0.2, 0) is 0 Å². The molecule has 2 aromatic rings. The van der Waals surface area contributed by atoms with Gasteiger partial charge in [-0.15, -0.1) is 0 Å². The summed E-state index contributed by atoms with van der Waals surface area (Å²) < 4.78 is 32.1. The average Bonchev–Trinajstić information content (AvgIpc) is 2.44. The van der Waals surface area contributed by atoms with Gasteiger partial charge in [-0.3, -0.25) is 0 Å². The van der Waals surface area contributed by atoms with Crippen molar-refractivity contribution in [3.8, 4) is 5.75 Å². The Balaban J connectivity index is 2.54. The maximum Gasteiger partial charge on any atom is 0.173 e. The Morgan fingerprint density at radius 3 is 2.50 bits per heavy atom. The van der Waals surface area contributed by atoms with Crippen molar-refractivity contribution in [3.05, 3.63) is 63.1 Å². The van der Waals surface area contributed by atoms with Crippen LogP contribution < -0.4 is 10.5 Å². The molecule has 2 N–H and O–H groups in total. The SMILES string of the molecule is COc1ccc(C)cc1C(N)c1ccc(F)c(F)c1Br. The van der Waals surface area contributed by atoms with E-state index in [2.05, 4.69) is 15.9 Å². The molecule has 106 valence electrons. The molecule has 2 nitrogen and oxygen atoms in total. The van der Waals surface area contributed by atoms with Crippen molar-refractivity contribution in [2.75, 3.05) is 7.11 Å². The quantitative estimate of drug-likeness (QED) is 0.853. The van der Waals surface area contributed by atoms with Crippen molar-refractivity contribution >= 4 is 15.9 Å². The van der Waals surface area contributed by atoms with Gasteiger partial charge in [0.2, 0.25) is 0 Å². The molecule has 2 aromatic carbocycles. The maximum atomic E-state index is 13.6. The number of halogens is 3. The van der Waals surface area contributed by atoms with Crippen LogP contribution in [0.25, 0.3) is 0 Å². The summed E-state index contributed by atoms with van der Waals surface area (Å²) in [5.41, 5.74) is 8.38. The van der Waals surface area contributed by atoms with Crippen LogP contribution in [-0.4, -0.2) is 7.11 Å². The monoisotopic (exact) mass is 341 g/mol. The summed E-state index contributed by atoms with van der Waals surface area (Å²) in [7, 11) is 1.54. The van der Waals surface area contributed by atoms with E-state index >= 15 is 0 Å². The molecule has 0 fully saturated rings. The van der Waals surface area contributed by atoms with Crippen LogP contribution in [0.3, 0.4) is 0 Å². The van der Waals surface area contributed by atoms with Crippen molar-refractivity contribution in [2.45, 2.75) is 13.0 Å². The fourth-order valence-corrected chi connectivity index (χ4v) is 2.61. The molecule has 5 heteroatoms. The second-order valence-corrected chi connectivity index (χ2v) is 5.28. The molecule has 2 rings (SSSR count). The van der Waals surface area contributed by atoms with Crippen molar-refractivity contribution < 1.29 is 13.5 Å². The molecule has 0 heterocycles. The summed E-state index contributed by atoms with van der Waals surface area (Å²) >= 11 is 3.06. The Labute approximate surface area is 124 Å². The lowest BCUT2D eigenvalue weighted by Crippen LogP contribution is -2.15. The Kier molecular flexibility index (Phi) is 4.40. The largest absolute Gasteiger partial charge is 0.496 e. The van der Waals surface area contributed by atoms with Gasteiger partial charge in [-0.1, -0.05) is 23.8 Å². The number of rotatable bonds is 3. The second-order valence-electron chi connectivity index (χ2n) is 4.49. The van der Waals surface area contributed by atoms with E-state index in [0.717, 1.165) is 17.2 Å². The van der Waals surface area contributed by atoms with Crippen molar-refractivity contribution in [3.63, 3.8) is 0 Å². The fourth-order valence-electron chi connectivity index (χ4n) is 2.05. The fraction of sp³-hybridized carbons (Fsp3) is 0.200.